The minimum atomic E-state index is 0.158. The highest BCUT2D eigenvalue weighted by molar-refractivity contribution is 5.95. The van der Waals surface area contributed by atoms with Gasteiger partial charge in [0.05, 0.1) is 0 Å². The molecule has 0 saturated heterocycles. The molecule has 0 bridgehead atoms. The molecule has 0 N–H and O–H groups in total. The number of nitrogens with zero attached hydrogens (tertiary/aromatic N) is 2. The first-order chi connectivity index (χ1) is 7.36. The number of aryl methyl sites for hydroxylation is 1. The molecule has 76 valence electrons. The van der Waals surface area contributed by atoms with Crippen molar-refractivity contribution in [3.8, 4) is 0 Å². The summed E-state index contributed by atoms with van der Waals surface area (Å²) in [6.07, 6.45) is 4.07. The summed E-state index contributed by atoms with van der Waals surface area (Å²) in [6, 6.07) is 11.2. The van der Waals surface area contributed by atoms with Gasteiger partial charge in [-0.05, 0) is 6.07 Å². The lowest BCUT2D eigenvalue weighted by Crippen LogP contribution is -2.06. The highest BCUT2D eigenvalue weighted by atomic mass is 16.1. The van der Waals surface area contributed by atoms with Gasteiger partial charge in [0.1, 0.15) is 0 Å². The molecule has 0 saturated carbocycles. The molecule has 0 unspecified atom stereocenters. The summed E-state index contributed by atoms with van der Waals surface area (Å²) in [5.41, 5.74) is 0.768. The van der Waals surface area contributed by atoms with Gasteiger partial charge in [0.15, 0.2) is 5.78 Å². The fraction of sp³-hybridized carbons (Fsp3) is 0.167. The number of aromatic nitrogens is 2. The molecule has 0 aliphatic carbocycles. The predicted molar refractivity (Wildman–Crippen MR) is 57.6 cm³/mol. The second-order valence-electron chi connectivity index (χ2n) is 3.31. The monoisotopic (exact) mass is 200 g/mol. The molecule has 2 aromatic rings. The van der Waals surface area contributed by atoms with Gasteiger partial charge in [-0.25, -0.2) is 0 Å². The highest BCUT2D eigenvalue weighted by Gasteiger charge is 2.04. The Morgan fingerprint density at radius 2 is 2.00 bits per heavy atom. The van der Waals surface area contributed by atoms with Gasteiger partial charge in [0.2, 0.25) is 0 Å². The van der Waals surface area contributed by atoms with Crippen molar-refractivity contribution in [3.05, 3.63) is 54.4 Å². The fourth-order valence-corrected chi connectivity index (χ4v) is 1.42. The van der Waals surface area contributed by atoms with E-state index in [0.717, 1.165) is 5.56 Å². The van der Waals surface area contributed by atoms with Crippen molar-refractivity contribution in [2.75, 3.05) is 0 Å². The van der Waals surface area contributed by atoms with Crippen molar-refractivity contribution < 1.29 is 4.79 Å². The van der Waals surface area contributed by atoms with Crippen LogP contribution < -0.4 is 0 Å². The van der Waals surface area contributed by atoms with E-state index in [4.69, 9.17) is 0 Å². The van der Waals surface area contributed by atoms with Crippen LogP contribution in [0.1, 0.15) is 16.8 Å². The summed E-state index contributed by atoms with van der Waals surface area (Å²) in [5, 5.41) is 4.05. The standard InChI is InChI=1S/C12H12N2O/c15-12(11-5-2-1-3-6-11)7-10-14-9-4-8-13-14/h1-6,8-9H,7,10H2. The predicted octanol–water partition coefficient (Wildman–Crippen LogP) is 2.16. The van der Waals surface area contributed by atoms with Gasteiger partial charge < -0.3 is 0 Å². The molecule has 0 aliphatic rings. The lowest BCUT2D eigenvalue weighted by Gasteiger charge is -2.01. The topological polar surface area (TPSA) is 34.9 Å². The molecule has 1 aromatic carbocycles. The number of carbonyl (C=O) groups excluding carboxylic acids is 1. The zero-order valence-corrected chi connectivity index (χ0v) is 8.34. The van der Waals surface area contributed by atoms with Gasteiger partial charge in [-0.1, -0.05) is 30.3 Å². The van der Waals surface area contributed by atoms with Gasteiger partial charge in [-0.2, -0.15) is 5.10 Å². The van der Waals surface area contributed by atoms with E-state index in [-0.39, 0.29) is 5.78 Å². The molecule has 0 fully saturated rings. The number of hydrogen-bond donors (Lipinski definition) is 0. The van der Waals surface area contributed by atoms with Crippen LogP contribution >= 0.6 is 0 Å². The number of rotatable bonds is 4. The molecule has 0 radical (unpaired) electrons. The van der Waals surface area contributed by atoms with Gasteiger partial charge in [-0.15, -0.1) is 0 Å². The van der Waals surface area contributed by atoms with Crippen LogP contribution in [0.25, 0.3) is 0 Å². The third kappa shape index (κ3) is 2.53. The van der Waals surface area contributed by atoms with Gasteiger partial charge in [0.25, 0.3) is 0 Å². The van der Waals surface area contributed by atoms with Crippen LogP contribution in [0.4, 0.5) is 0 Å². The summed E-state index contributed by atoms with van der Waals surface area (Å²) in [7, 11) is 0. The third-order valence-corrected chi connectivity index (χ3v) is 2.22. The van der Waals surface area contributed by atoms with E-state index in [1.54, 1.807) is 10.9 Å². The molecule has 3 nitrogen and oxygen atoms in total. The maximum Gasteiger partial charge on any atom is 0.164 e. The molecule has 0 aliphatic heterocycles. The SMILES string of the molecule is O=C(CCn1cccn1)c1ccccc1. The van der Waals surface area contributed by atoms with Crippen molar-refractivity contribution in [3.63, 3.8) is 0 Å². The second-order valence-corrected chi connectivity index (χ2v) is 3.31. The Morgan fingerprint density at radius 3 is 2.67 bits per heavy atom. The van der Waals surface area contributed by atoms with Crippen molar-refractivity contribution >= 4 is 5.78 Å². The van der Waals surface area contributed by atoms with Gasteiger partial charge >= 0.3 is 0 Å². The van der Waals surface area contributed by atoms with Crippen LogP contribution in [0.2, 0.25) is 0 Å². The molecule has 1 heterocycles. The molecule has 0 amide bonds. The molecular formula is C12H12N2O. The molecule has 15 heavy (non-hydrogen) atoms. The van der Waals surface area contributed by atoms with E-state index >= 15 is 0 Å². The average molecular weight is 200 g/mol. The fourth-order valence-electron chi connectivity index (χ4n) is 1.42. The Kier molecular flexibility index (Phi) is 2.93. The summed E-state index contributed by atoms with van der Waals surface area (Å²) in [5.74, 6) is 0.158. The Bertz CT molecular complexity index is 420. The van der Waals surface area contributed by atoms with E-state index in [2.05, 4.69) is 5.10 Å². The Labute approximate surface area is 88.4 Å². The minimum absolute atomic E-state index is 0.158. The van der Waals surface area contributed by atoms with Crippen molar-refractivity contribution in [1.82, 2.24) is 9.78 Å². The van der Waals surface area contributed by atoms with Crippen molar-refractivity contribution in [1.29, 1.82) is 0 Å². The van der Waals surface area contributed by atoms with E-state index in [1.807, 2.05) is 42.6 Å². The van der Waals surface area contributed by atoms with Crippen LogP contribution in [0.3, 0.4) is 0 Å². The van der Waals surface area contributed by atoms with E-state index in [9.17, 15) is 4.79 Å². The zero-order chi connectivity index (χ0) is 10.5. The maximum atomic E-state index is 11.7. The summed E-state index contributed by atoms with van der Waals surface area (Å²) in [6.45, 7) is 0.640. The van der Waals surface area contributed by atoms with Crippen molar-refractivity contribution in [2.24, 2.45) is 0 Å². The van der Waals surface area contributed by atoms with Crippen LogP contribution in [-0.4, -0.2) is 15.6 Å². The number of ketones is 1. The Balaban J connectivity index is 1.94. The third-order valence-electron chi connectivity index (χ3n) is 2.22. The molecular weight excluding hydrogens is 188 g/mol. The van der Waals surface area contributed by atoms with Crippen LogP contribution in [0, 0.1) is 0 Å². The van der Waals surface area contributed by atoms with Gasteiger partial charge in [-0.3, -0.25) is 9.48 Å². The average Bonchev–Trinajstić information content (AvgIpc) is 2.80. The molecule has 3 heteroatoms. The molecule has 0 atom stereocenters. The van der Waals surface area contributed by atoms with Gasteiger partial charge in [0, 0.05) is 30.9 Å². The lowest BCUT2D eigenvalue weighted by atomic mass is 10.1. The highest BCUT2D eigenvalue weighted by Crippen LogP contribution is 2.03. The number of carbonyl (C=O) groups is 1. The van der Waals surface area contributed by atoms with Crippen LogP contribution in [-0.2, 0) is 6.54 Å². The summed E-state index contributed by atoms with van der Waals surface area (Å²) in [4.78, 5) is 11.7. The number of hydrogen-bond acceptors (Lipinski definition) is 2. The quantitative estimate of drug-likeness (QED) is 0.709. The Morgan fingerprint density at radius 1 is 1.20 bits per heavy atom. The Hall–Kier alpha value is -1.90. The largest absolute Gasteiger partial charge is 0.294 e. The van der Waals surface area contributed by atoms with E-state index in [0.29, 0.717) is 13.0 Å². The smallest absolute Gasteiger partial charge is 0.164 e. The number of benzene rings is 1. The maximum absolute atomic E-state index is 11.7. The molecule has 2 rings (SSSR count). The first-order valence-electron chi connectivity index (χ1n) is 4.92. The summed E-state index contributed by atoms with van der Waals surface area (Å²) < 4.78 is 1.76. The normalized spacial score (nSPS) is 10.1. The second kappa shape index (κ2) is 4.55. The minimum Gasteiger partial charge on any atom is -0.294 e. The first-order valence-corrected chi connectivity index (χ1v) is 4.92. The number of Topliss-reactive ketones (excluding diaryl/α,β-unsaturated/α-hetero) is 1. The van der Waals surface area contributed by atoms with Crippen LogP contribution in [0.5, 0.6) is 0 Å². The zero-order valence-electron chi connectivity index (χ0n) is 8.34. The van der Waals surface area contributed by atoms with E-state index < -0.39 is 0 Å². The first kappa shape index (κ1) is 9.65. The molecule has 1 aromatic heterocycles. The lowest BCUT2D eigenvalue weighted by molar-refractivity contribution is 0.0975. The summed E-state index contributed by atoms with van der Waals surface area (Å²) >= 11 is 0. The van der Waals surface area contributed by atoms with E-state index in [1.165, 1.54) is 0 Å². The van der Waals surface area contributed by atoms with Crippen LogP contribution in [0.15, 0.2) is 48.8 Å². The van der Waals surface area contributed by atoms with Crippen molar-refractivity contribution in [2.45, 2.75) is 13.0 Å². The molecule has 0 spiro atoms.